The summed E-state index contributed by atoms with van der Waals surface area (Å²) in [7, 11) is 0. The molecule has 0 radical (unpaired) electrons. The minimum Gasteiger partial charge on any atom is -0.507 e. The molecule has 330 valence electrons. The Bertz CT molecular complexity index is 2800. The van der Waals surface area contributed by atoms with Crippen LogP contribution in [-0.2, 0) is 9.59 Å². The van der Waals surface area contributed by atoms with E-state index in [0.717, 1.165) is 51.3 Å². The van der Waals surface area contributed by atoms with Crippen LogP contribution >= 0.6 is 22.7 Å². The molecular formula is C48H51N9O5S2. The van der Waals surface area contributed by atoms with Crippen molar-refractivity contribution in [1.82, 2.24) is 40.5 Å². The van der Waals surface area contributed by atoms with E-state index in [4.69, 9.17) is 14.5 Å². The number of likely N-dealkylation sites (tertiary alicyclic amines) is 1. The van der Waals surface area contributed by atoms with Crippen molar-refractivity contribution in [1.29, 1.82) is 0 Å². The SMILES string of the molecule is Cc1ncsc1-c1ccc([C@H](C)NC(=O)[C@@H]2C[C@@H](O)CN2C(=O)[C@@H](c2cc(-c3cnc(N4CC[C@@H](c5sc6nnc(-c7ccccc7O)cc6c5C)C[C@H]4C)nc3)no2)C(C)C)cc1. The molecule has 2 aliphatic heterocycles. The van der Waals surface area contributed by atoms with E-state index in [1.54, 1.807) is 53.3 Å². The first kappa shape index (κ1) is 43.2. The van der Waals surface area contributed by atoms with Crippen molar-refractivity contribution < 1.29 is 24.3 Å². The quantitative estimate of drug-likeness (QED) is 0.113. The van der Waals surface area contributed by atoms with Crippen LogP contribution in [0, 0.1) is 19.8 Å². The van der Waals surface area contributed by atoms with Crippen LogP contribution in [0.25, 0.3) is 43.2 Å². The molecule has 0 aliphatic carbocycles. The maximum Gasteiger partial charge on any atom is 0.243 e. The molecule has 3 N–H and O–H groups in total. The predicted molar refractivity (Wildman–Crippen MR) is 248 cm³/mol. The molecule has 0 bridgehead atoms. The molecule has 2 fully saturated rings. The first-order valence-corrected chi connectivity index (χ1v) is 23.4. The topological polar surface area (TPSA) is 184 Å². The van der Waals surface area contributed by atoms with E-state index in [-0.39, 0.29) is 48.5 Å². The number of carbonyl (C=O) groups is 2. The van der Waals surface area contributed by atoms with Gasteiger partial charge in [0.05, 0.1) is 33.9 Å². The summed E-state index contributed by atoms with van der Waals surface area (Å²) in [6.45, 7) is 12.9. The number of piperidine rings is 1. The van der Waals surface area contributed by atoms with Crippen LogP contribution < -0.4 is 10.2 Å². The van der Waals surface area contributed by atoms with E-state index in [1.807, 2.05) is 75.7 Å². The number of rotatable bonds is 11. The summed E-state index contributed by atoms with van der Waals surface area (Å²) < 4.78 is 5.85. The van der Waals surface area contributed by atoms with Crippen molar-refractivity contribution in [3.8, 4) is 38.7 Å². The molecule has 0 unspecified atom stereocenters. The van der Waals surface area contributed by atoms with Crippen molar-refractivity contribution in [2.75, 3.05) is 18.0 Å². The van der Waals surface area contributed by atoms with Gasteiger partial charge >= 0.3 is 0 Å². The van der Waals surface area contributed by atoms with Gasteiger partial charge in [-0.1, -0.05) is 55.4 Å². The highest BCUT2D eigenvalue weighted by atomic mass is 32.1. The van der Waals surface area contributed by atoms with Gasteiger partial charge in [-0.25, -0.2) is 15.0 Å². The molecule has 2 amide bonds. The normalized spacial score (nSPS) is 19.9. The lowest BCUT2D eigenvalue weighted by molar-refractivity contribution is -0.141. The van der Waals surface area contributed by atoms with Crippen molar-refractivity contribution in [2.45, 2.75) is 96.9 Å². The minimum absolute atomic E-state index is 0.0451. The van der Waals surface area contributed by atoms with Crippen molar-refractivity contribution in [2.24, 2.45) is 5.92 Å². The first-order valence-electron chi connectivity index (χ1n) is 21.7. The molecule has 6 atom stereocenters. The summed E-state index contributed by atoms with van der Waals surface area (Å²) in [4.78, 5) is 49.0. The van der Waals surface area contributed by atoms with Crippen LogP contribution in [0.4, 0.5) is 5.95 Å². The van der Waals surface area contributed by atoms with Gasteiger partial charge < -0.3 is 29.9 Å². The Morgan fingerprint density at radius 1 is 0.938 bits per heavy atom. The van der Waals surface area contributed by atoms with E-state index in [9.17, 15) is 19.8 Å². The lowest BCUT2D eigenvalue weighted by Gasteiger charge is -2.37. The van der Waals surface area contributed by atoms with Crippen molar-refractivity contribution >= 4 is 50.7 Å². The Morgan fingerprint density at radius 3 is 2.41 bits per heavy atom. The van der Waals surface area contributed by atoms with E-state index in [0.29, 0.717) is 40.1 Å². The highest BCUT2D eigenvalue weighted by molar-refractivity contribution is 7.19. The molecule has 0 saturated carbocycles. The van der Waals surface area contributed by atoms with Gasteiger partial charge in [0.1, 0.15) is 34.0 Å². The number of nitrogens with one attached hydrogen (secondary N) is 1. The molecule has 14 nitrogen and oxygen atoms in total. The van der Waals surface area contributed by atoms with E-state index in [1.165, 1.54) is 15.3 Å². The minimum atomic E-state index is -0.839. The van der Waals surface area contributed by atoms with Crippen molar-refractivity contribution in [3.63, 3.8) is 0 Å². The number of amides is 2. The first-order chi connectivity index (χ1) is 30.8. The third-order valence-corrected chi connectivity index (χ3v) is 15.1. The Hall–Kier alpha value is -6.10. The third kappa shape index (κ3) is 8.37. The number of carbonyl (C=O) groups excluding carboxylic acids is 2. The number of aliphatic hydroxyl groups is 1. The summed E-state index contributed by atoms with van der Waals surface area (Å²) in [6.07, 6.45) is 4.63. The number of aliphatic hydroxyl groups excluding tert-OH is 1. The average molecular weight is 898 g/mol. The monoisotopic (exact) mass is 897 g/mol. The number of aromatic nitrogens is 6. The molecule has 2 saturated heterocycles. The molecule has 5 aromatic heterocycles. The average Bonchev–Trinajstić information content (AvgIpc) is 4.11. The second-order valence-electron chi connectivity index (χ2n) is 17.4. The van der Waals surface area contributed by atoms with Crippen LogP contribution in [0.2, 0.25) is 0 Å². The number of benzene rings is 2. The molecule has 7 aromatic rings. The van der Waals surface area contributed by atoms with E-state index in [2.05, 4.69) is 44.4 Å². The lowest BCUT2D eigenvalue weighted by atomic mass is 9.88. The predicted octanol–water partition coefficient (Wildman–Crippen LogP) is 8.60. The smallest absolute Gasteiger partial charge is 0.243 e. The zero-order valence-electron chi connectivity index (χ0n) is 36.6. The van der Waals surface area contributed by atoms with Crippen LogP contribution in [-0.4, -0.2) is 88.5 Å². The largest absolute Gasteiger partial charge is 0.507 e. The molecule has 64 heavy (non-hydrogen) atoms. The highest BCUT2D eigenvalue weighted by Gasteiger charge is 2.43. The number of aryl methyl sites for hydroxylation is 2. The number of thiazole rings is 1. The maximum atomic E-state index is 14.3. The molecule has 16 heteroatoms. The second-order valence-corrected chi connectivity index (χ2v) is 19.3. The summed E-state index contributed by atoms with van der Waals surface area (Å²) >= 11 is 3.29. The number of hydrogen-bond donors (Lipinski definition) is 3. The number of fused-ring (bicyclic) bond motifs is 1. The van der Waals surface area contributed by atoms with E-state index >= 15 is 0 Å². The molecule has 7 heterocycles. The molecule has 2 aromatic carbocycles. The van der Waals surface area contributed by atoms with Gasteiger partial charge in [0.15, 0.2) is 0 Å². The standard InChI is InChI=1S/C48H51N9O5S2/c1-25(2)42(47(61)57-23-34(58)18-39(57)45(60)52-28(5)30-11-13-31(14-12-30)44-29(6)51-24-63-44)41-20-37(55-62-41)33-21-49-48(50-22-33)56-16-15-32(17-26(56)3)43-27(4)36-19-38(53-54-46(36)64-43)35-9-7-8-10-40(35)59/h7-14,19-22,24-26,28,32,34,39,42,58-59H,15-18,23H2,1-6H3,(H,52,60)/t26-,28+,32-,34-,39+,42-/m1/s1. The number of phenolic OH excluding ortho intramolecular Hbond substituents is 1. The Morgan fingerprint density at radius 2 is 1.70 bits per heavy atom. The van der Waals surface area contributed by atoms with Gasteiger partial charge in [-0.2, -0.15) is 0 Å². The van der Waals surface area contributed by atoms with Gasteiger partial charge in [-0.3, -0.25) is 9.59 Å². The number of thiophene rings is 1. The van der Waals surface area contributed by atoms with Crippen LogP contribution in [0.15, 0.2) is 83.1 Å². The number of β-amino-alcohol motifs (C(OH)–C–C–N with tert-alkyl or cyclic N) is 1. The van der Waals surface area contributed by atoms with Gasteiger partial charge in [0.25, 0.3) is 0 Å². The number of hydrogen-bond acceptors (Lipinski definition) is 14. The molecule has 2 aliphatic rings. The fraction of sp³-hybridized carbons (Fsp3) is 0.375. The molecule has 0 spiro atoms. The fourth-order valence-corrected chi connectivity index (χ4v) is 11.3. The van der Waals surface area contributed by atoms with Crippen LogP contribution in [0.1, 0.15) is 92.3 Å². The second kappa shape index (κ2) is 17.8. The lowest BCUT2D eigenvalue weighted by Crippen LogP contribution is -2.48. The zero-order valence-corrected chi connectivity index (χ0v) is 38.2. The van der Waals surface area contributed by atoms with Gasteiger partial charge in [-0.05, 0) is 87.3 Å². The van der Waals surface area contributed by atoms with Gasteiger partial charge in [-0.15, -0.1) is 32.9 Å². The summed E-state index contributed by atoms with van der Waals surface area (Å²) in [5.41, 5.74) is 8.48. The number of phenols is 1. The van der Waals surface area contributed by atoms with Gasteiger partial charge in [0.2, 0.25) is 17.8 Å². The number of anilines is 1. The van der Waals surface area contributed by atoms with Crippen LogP contribution in [0.5, 0.6) is 5.75 Å². The Labute approximate surface area is 379 Å². The zero-order chi connectivity index (χ0) is 44.8. The fourth-order valence-electron chi connectivity index (χ4n) is 9.25. The van der Waals surface area contributed by atoms with Gasteiger partial charge in [0, 0.05) is 65.4 Å². The summed E-state index contributed by atoms with van der Waals surface area (Å²) in [6, 6.07) is 18.0. The number of nitrogens with zero attached hydrogens (tertiary/aromatic N) is 8. The summed E-state index contributed by atoms with van der Waals surface area (Å²) in [5, 5.41) is 38.6. The molecular weight excluding hydrogens is 847 g/mol. The maximum absolute atomic E-state index is 14.3. The van der Waals surface area contributed by atoms with Crippen LogP contribution in [0.3, 0.4) is 0 Å². The number of para-hydroxylation sites is 1. The molecule has 9 rings (SSSR count). The summed E-state index contributed by atoms with van der Waals surface area (Å²) in [5.74, 6) is -0.00669. The Kier molecular flexibility index (Phi) is 12.0. The highest BCUT2D eigenvalue weighted by Crippen LogP contribution is 2.43. The number of aromatic hydroxyl groups is 1. The Balaban J connectivity index is 0.844. The van der Waals surface area contributed by atoms with E-state index < -0.39 is 18.1 Å². The van der Waals surface area contributed by atoms with Crippen molar-refractivity contribution in [3.05, 3.63) is 106 Å². The third-order valence-electron chi connectivity index (χ3n) is 12.8.